The number of nitrogens with zero attached hydrogens (tertiary/aromatic N) is 1. The van der Waals surface area contributed by atoms with Crippen molar-refractivity contribution in [1.82, 2.24) is 15.2 Å². The molecule has 0 saturated carbocycles. The summed E-state index contributed by atoms with van der Waals surface area (Å²) in [5, 5.41) is 2.81. The largest absolute Gasteiger partial charge is 0.379 e. The van der Waals surface area contributed by atoms with Gasteiger partial charge in [0.25, 0.3) is 11.5 Å². The van der Waals surface area contributed by atoms with E-state index in [1.807, 2.05) is 12.1 Å². The van der Waals surface area contributed by atoms with Crippen molar-refractivity contribution in [1.29, 1.82) is 0 Å². The minimum absolute atomic E-state index is 0.134. The smallest absolute Gasteiger partial charge is 0.260 e. The highest BCUT2D eigenvalue weighted by Gasteiger charge is 2.12. The summed E-state index contributed by atoms with van der Waals surface area (Å²) in [7, 11) is 0. The maximum atomic E-state index is 12.2. The Kier molecular flexibility index (Phi) is 5.63. The lowest BCUT2D eigenvalue weighted by Crippen LogP contribution is -2.35. The van der Waals surface area contributed by atoms with Gasteiger partial charge in [0.2, 0.25) is 0 Å². The number of hydrogen-bond donors (Lipinski definition) is 2. The Balaban J connectivity index is 1.60. The zero-order chi connectivity index (χ0) is 17.6. The van der Waals surface area contributed by atoms with Gasteiger partial charge in [-0.25, -0.2) is 0 Å². The zero-order valence-electron chi connectivity index (χ0n) is 14.4. The van der Waals surface area contributed by atoms with Crippen LogP contribution >= 0.6 is 0 Å². The Hall–Kier alpha value is -2.44. The van der Waals surface area contributed by atoms with Gasteiger partial charge in [-0.05, 0) is 30.2 Å². The fraction of sp³-hybridized carbons (Fsp3) is 0.368. The maximum Gasteiger partial charge on any atom is 0.260 e. The molecule has 1 saturated heterocycles. The molecule has 0 spiro atoms. The number of aromatic amines is 1. The molecule has 1 aliphatic heterocycles. The van der Waals surface area contributed by atoms with Gasteiger partial charge in [0.05, 0.1) is 13.2 Å². The second kappa shape index (κ2) is 8.09. The van der Waals surface area contributed by atoms with Crippen molar-refractivity contribution < 1.29 is 9.53 Å². The van der Waals surface area contributed by atoms with Crippen molar-refractivity contribution in [2.45, 2.75) is 20.0 Å². The number of amides is 1. The molecule has 0 radical (unpaired) electrons. The van der Waals surface area contributed by atoms with Crippen LogP contribution in [0.25, 0.3) is 0 Å². The topological polar surface area (TPSA) is 74.4 Å². The van der Waals surface area contributed by atoms with Crippen LogP contribution in [0.3, 0.4) is 0 Å². The number of carbonyl (C=O) groups is 1. The van der Waals surface area contributed by atoms with E-state index < -0.39 is 0 Å². The molecule has 1 aromatic carbocycles. The van der Waals surface area contributed by atoms with Gasteiger partial charge in [-0.15, -0.1) is 0 Å². The zero-order valence-corrected chi connectivity index (χ0v) is 14.4. The van der Waals surface area contributed by atoms with Gasteiger partial charge >= 0.3 is 0 Å². The number of H-pyrrole nitrogens is 1. The molecule has 132 valence electrons. The highest BCUT2D eigenvalue weighted by Crippen LogP contribution is 2.10. The highest BCUT2D eigenvalue weighted by molar-refractivity contribution is 5.93. The molecule has 0 bridgehead atoms. The number of aromatic nitrogens is 1. The van der Waals surface area contributed by atoms with E-state index in [-0.39, 0.29) is 17.0 Å². The second-order valence-corrected chi connectivity index (χ2v) is 6.28. The Labute approximate surface area is 146 Å². The molecule has 1 aliphatic rings. The van der Waals surface area contributed by atoms with Gasteiger partial charge in [0.15, 0.2) is 0 Å². The van der Waals surface area contributed by atoms with Crippen LogP contribution in [0.4, 0.5) is 0 Å². The van der Waals surface area contributed by atoms with Crippen LogP contribution in [0.1, 0.15) is 27.2 Å². The number of rotatable bonds is 5. The first kappa shape index (κ1) is 17.4. The fourth-order valence-electron chi connectivity index (χ4n) is 2.88. The third-order valence-corrected chi connectivity index (χ3v) is 4.25. The summed E-state index contributed by atoms with van der Waals surface area (Å²) < 4.78 is 5.37. The van der Waals surface area contributed by atoms with E-state index in [1.54, 1.807) is 19.1 Å². The maximum absolute atomic E-state index is 12.2. The lowest BCUT2D eigenvalue weighted by atomic mass is 10.1. The van der Waals surface area contributed by atoms with Crippen molar-refractivity contribution in [2.24, 2.45) is 0 Å². The first-order valence-electron chi connectivity index (χ1n) is 8.48. The average Bonchev–Trinajstić information content (AvgIpc) is 2.61. The molecule has 2 N–H and O–H groups in total. The number of carbonyl (C=O) groups excluding carboxylic acids is 1. The summed E-state index contributed by atoms with van der Waals surface area (Å²) in [4.78, 5) is 29.0. The molecule has 1 amide bonds. The number of ether oxygens (including phenoxy) is 1. The van der Waals surface area contributed by atoms with Gasteiger partial charge in [-0.1, -0.05) is 24.3 Å². The number of hydrogen-bond acceptors (Lipinski definition) is 4. The van der Waals surface area contributed by atoms with E-state index in [1.165, 1.54) is 5.56 Å². The van der Waals surface area contributed by atoms with Gasteiger partial charge in [0.1, 0.15) is 5.56 Å². The number of nitrogens with one attached hydrogen (secondary N) is 2. The predicted molar refractivity (Wildman–Crippen MR) is 95.5 cm³/mol. The number of benzene rings is 1. The summed E-state index contributed by atoms with van der Waals surface area (Å²) >= 11 is 0. The first-order chi connectivity index (χ1) is 12.1. The molecular weight excluding hydrogens is 318 g/mol. The van der Waals surface area contributed by atoms with Gasteiger partial charge in [0, 0.05) is 31.9 Å². The number of aryl methyl sites for hydroxylation is 1. The lowest BCUT2D eigenvalue weighted by Gasteiger charge is -2.26. The van der Waals surface area contributed by atoms with Gasteiger partial charge in [-0.2, -0.15) is 0 Å². The molecule has 2 heterocycles. The Morgan fingerprint density at radius 3 is 2.72 bits per heavy atom. The SMILES string of the molecule is Cc1ccc(C(=O)NCc2cccc(CN3CCOCC3)c2)c(=O)[nH]1. The predicted octanol–water partition coefficient (Wildman–Crippen LogP) is 1.45. The lowest BCUT2D eigenvalue weighted by molar-refractivity contribution is 0.0342. The van der Waals surface area contributed by atoms with Crippen LogP contribution in [0, 0.1) is 6.92 Å². The van der Waals surface area contributed by atoms with Gasteiger partial charge < -0.3 is 15.0 Å². The monoisotopic (exact) mass is 341 g/mol. The van der Waals surface area contributed by atoms with Crippen molar-refractivity contribution >= 4 is 5.91 Å². The molecule has 0 atom stereocenters. The summed E-state index contributed by atoms with van der Waals surface area (Å²) in [6, 6.07) is 11.4. The third-order valence-electron chi connectivity index (χ3n) is 4.25. The van der Waals surface area contributed by atoms with E-state index in [0.29, 0.717) is 6.54 Å². The molecule has 6 heteroatoms. The molecule has 25 heavy (non-hydrogen) atoms. The first-order valence-corrected chi connectivity index (χ1v) is 8.48. The highest BCUT2D eigenvalue weighted by atomic mass is 16.5. The quantitative estimate of drug-likeness (QED) is 0.863. The molecule has 3 rings (SSSR count). The van der Waals surface area contributed by atoms with E-state index >= 15 is 0 Å². The second-order valence-electron chi connectivity index (χ2n) is 6.28. The van der Waals surface area contributed by atoms with E-state index in [2.05, 4.69) is 27.3 Å². The molecule has 1 fully saturated rings. The summed E-state index contributed by atoms with van der Waals surface area (Å²) in [6.07, 6.45) is 0. The van der Waals surface area contributed by atoms with E-state index in [0.717, 1.165) is 44.1 Å². The molecule has 6 nitrogen and oxygen atoms in total. The van der Waals surface area contributed by atoms with Crippen molar-refractivity contribution in [3.05, 3.63) is 69.1 Å². The van der Waals surface area contributed by atoms with Crippen LogP contribution < -0.4 is 10.9 Å². The van der Waals surface area contributed by atoms with Crippen LogP contribution in [0.15, 0.2) is 41.2 Å². The summed E-state index contributed by atoms with van der Waals surface area (Å²) in [5.74, 6) is -0.361. The third kappa shape index (κ3) is 4.78. The van der Waals surface area contributed by atoms with Crippen LogP contribution in [-0.4, -0.2) is 42.1 Å². The van der Waals surface area contributed by atoms with E-state index in [9.17, 15) is 9.59 Å². The molecular formula is C19H23N3O3. The minimum atomic E-state index is -0.362. The van der Waals surface area contributed by atoms with Crippen molar-refractivity contribution in [3.63, 3.8) is 0 Å². The van der Waals surface area contributed by atoms with Gasteiger partial charge in [-0.3, -0.25) is 14.5 Å². The average molecular weight is 341 g/mol. The Morgan fingerprint density at radius 2 is 1.96 bits per heavy atom. The van der Waals surface area contributed by atoms with E-state index in [4.69, 9.17) is 4.74 Å². The number of morpholine rings is 1. The van der Waals surface area contributed by atoms with Crippen LogP contribution in [0.5, 0.6) is 0 Å². The minimum Gasteiger partial charge on any atom is -0.379 e. The Bertz CT molecular complexity index is 794. The van der Waals surface area contributed by atoms with Crippen molar-refractivity contribution in [2.75, 3.05) is 26.3 Å². The molecule has 0 unspecified atom stereocenters. The molecule has 0 aliphatic carbocycles. The van der Waals surface area contributed by atoms with Crippen LogP contribution in [-0.2, 0) is 17.8 Å². The molecule has 2 aromatic rings. The van der Waals surface area contributed by atoms with Crippen LogP contribution in [0.2, 0.25) is 0 Å². The molecule has 1 aromatic heterocycles. The van der Waals surface area contributed by atoms with Crippen molar-refractivity contribution in [3.8, 4) is 0 Å². The summed E-state index contributed by atoms with van der Waals surface area (Å²) in [5.41, 5.74) is 2.73. The Morgan fingerprint density at radius 1 is 1.20 bits per heavy atom. The fourth-order valence-corrected chi connectivity index (χ4v) is 2.88. The summed E-state index contributed by atoms with van der Waals surface area (Å²) in [6.45, 7) is 6.49. The standard InChI is InChI=1S/C19H23N3O3/c1-14-5-6-17(19(24)21-14)18(23)20-12-15-3-2-4-16(11-15)13-22-7-9-25-10-8-22/h2-6,11H,7-10,12-13H2,1H3,(H,20,23)(H,21,24). The normalized spacial score (nSPS) is 15.1. The number of pyridine rings is 1.